The van der Waals surface area contributed by atoms with Crippen LogP contribution in [-0.2, 0) is 0 Å². The van der Waals surface area contributed by atoms with Gasteiger partial charge < -0.3 is 0 Å². The first-order chi connectivity index (χ1) is 14.1. The summed E-state index contributed by atoms with van der Waals surface area (Å²) in [6.07, 6.45) is 0. The van der Waals surface area contributed by atoms with Crippen molar-refractivity contribution in [3.8, 4) is 22.9 Å². The minimum atomic E-state index is -1.49. The third-order valence-corrected chi connectivity index (χ3v) is 10.9. The van der Waals surface area contributed by atoms with Gasteiger partial charge in [-0.3, -0.25) is 0 Å². The van der Waals surface area contributed by atoms with Crippen molar-refractivity contribution in [3.63, 3.8) is 0 Å². The fraction of sp³-hybridized carbons (Fsp3) is 0.250. The summed E-state index contributed by atoms with van der Waals surface area (Å²) < 4.78 is 8.16. The molecule has 0 atom stereocenters. The summed E-state index contributed by atoms with van der Waals surface area (Å²) in [4.78, 5) is 0. The van der Waals surface area contributed by atoms with Gasteiger partial charge in [-0.25, -0.2) is 0 Å². The Morgan fingerprint density at radius 2 is 1.00 bits per heavy atom. The lowest BCUT2D eigenvalue weighted by atomic mass is 10.0. The maximum absolute atomic E-state index is 3.69. The summed E-state index contributed by atoms with van der Waals surface area (Å²) in [6.45, 7) is 13.9. The van der Waals surface area contributed by atoms with Crippen molar-refractivity contribution in [1.29, 1.82) is 0 Å². The van der Waals surface area contributed by atoms with Crippen LogP contribution in [0.15, 0.2) is 22.9 Å². The lowest BCUT2D eigenvalue weighted by Gasteiger charge is -2.08. The lowest BCUT2D eigenvalue weighted by molar-refractivity contribution is 1.80. The van der Waals surface area contributed by atoms with E-state index >= 15 is 0 Å². The molecule has 6 heteroatoms. The molecule has 0 aliphatic heterocycles. The van der Waals surface area contributed by atoms with Gasteiger partial charge in [0.2, 0.25) is 0 Å². The van der Waals surface area contributed by atoms with E-state index in [-0.39, 0.29) is 0 Å². The summed E-state index contributed by atoms with van der Waals surface area (Å²) in [5.74, 6) is 7.38. The molecule has 4 heterocycles. The molecule has 0 bridgehead atoms. The number of rotatable bonds is 0. The van der Waals surface area contributed by atoms with Crippen LogP contribution in [0.3, 0.4) is 0 Å². The molecule has 0 saturated carbocycles. The lowest BCUT2D eigenvalue weighted by Crippen LogP contribution is -2.16. The topological polar surface area (TPSA) is 0 Å². The fourth-order valence-corrected chi connectivity index (χ4v) is 9.18. The Kier molecular flexibility index (Phi) is 4.83. The largest absolute Gasteiger partial charge is 0.142 e. The standard InChI is InChI=1S/C24H22S4Si2/c1-29(2,3)13-9-15-19-22(28-17-7-11-25-23(17)19)16(10-14-30(4,5)6)20-21(15)27-18-8-12-26-24(18)20/h7-8,11-12H,1-6H3. The molecule has 5 aromatic rings. The van der Waals surface area contributed by atoms with Crippen LogP contribution < -0.4 is 0 Å². The highest BCUT2D eigenvalue weighted by Crippen LogP contribution is 2.49. The molecule has 150 valence electrons. The van der Waals surface area contributed by atoms with Gasteiger partial charge in [0.25, 0.3) is 0 Å². The van der Waals surface area contributed by atoms with Crippen molar-refractivity contribution in [2.75, 3.05) is 0 Å². The van der Waals surface area contributed by atoms with Gasteiger partial charge in [0.15, 0.2) is 0 Å². The van der Waals surface area contributed by atoms with Gasteiger partial charge >= 0.3 is 0 Å². The van der Waals surface area contributed by atoms with Crippen molar-refractivity contribution in [3.05, 3.63) is 34.0 Å². The summed E-state index contributed by atoms with van der Waals surface area (Å²) in [5.41, 5.74) is 9.80. The molecule has 1 aromatic carbocycles. The molecular weight excluding hydrogens is 473 g/mol. The average molecular weight is 495 g/mol. The minimum Gasteiger partial charge on any atom is -0.142 e. The Morgan fingerprint density at radius 1 is 0.600 bits per heavy atom. The van der Waals surface area contributed by atoms with Gasteiger partial charge in [-0.1, -0.05) is 51.1 Å². The van der Waals surface area contributed by atoms with E-state index in [2.05, 4.69) is 85.1 Å². The van der Waals surface area contributed by atoms with Crippen LogP contribution in [0.4, 0.5) is 0 Å². The molecule has 0 saturated heterocycles. The van der Waals surface area contributed by atoms with E-state index in [1.807, 2.05) is 45.3 Å². The van der Waals surface area contributed by atoms with Crippen molar-refractivity contribution in [1.82, 2.24) is 0 Å². The van der Waals surface area contributed by atoms with E-state index in [1.165, 1.54) is 50.1 Å². The highest BCUT2D eigenvalue weighted by Gasteiger charge is 2.22. The van der Waals surface area contributed by atoms with E-state index in [1.54, 1.807) is 0 Å². The van der Waals surface area contributed by atoms with Gasteiger partial charge in [0.1, 0.15) is 16.1 Å². The van der Waals surface area contributed by atoms with Gasteiger partial charge in [-0.15, -0.1) is 56.4 Å². The third kappa shape index (κ3) is 3.50. The molecule has 0 amide bonds. The molecular formula is C24H22S4Si2. The van der Waals surface area contributed by atoms with Crippen LogP contribution in [0.5, 0.6) is 0 Å². The summed E-state index contributed by atoms with van der Waals surface area (Å²) >= 11 is 7.48. The summed E-state index contributed by atoms with van der Waals surface area (Å²) in [6, 6.07) is 4.51. The second-order valence-corrected chi connectivity index (χ2v) is 23.0. The molecule has 0 aliphatic rings. The molecule has 4 aromatic heterocycles. The van der Waals surface area contributed by atoms with Gasteiger partial charge in [0.05, 0.1) is 29.9 Å². The predicted molar refractivity (Wildman–Crippen MR) is 148 cm³/mol. The smallest absolute Gasteiger partial charge is 0.129 e. The Balaban J connectivity index is 2.04. The maximum atomic E-state index is 3.69. The Labute approximate surface area is 195 Å². The van der Waals surface area contributed by atoms with Crippen LogP contribution in [0.2, 0.25) is 39.3 Å². The van der Waals surface area contributed by atoms with Crippen LogP contribution in [0.1, 0.15) is 11.1 Å². The molecule has 0 fully saturated rings. The molecule has 5 rings (SSSR count). The minimum absolute atomic E-state index is 1.24. The summed E-state index contributed by atoms with van der Waals surface area (Å²) in [5, 5.41) is 7.11. The quantitative estimate of drug-likeness (QED) is 0.149. The number of fused-ring (bicyclic) bond motifs is 6. The van der Waals surface area contributed by atoms with E-state index in [9.17, 15) is 0 Å². The zero-order valence-electron chi connectivity index (χ0n) is 17.9. The van der Waals surface area contributed by atoms with E-state index < -0.39 is 16.1 Å². The molecule has 0 spiro atoms. The Hall–Kier alpha value is -1.39. The maximum Gasteiger partial charge on any atom is 0.129 e. The van der Waals surface area contributed by atoms with E-state index in [0.29, 0.717) is 0 Å². The predicted octanol–water partition coefficient (Wildman–Crippen LogP) is 9.00. The number of thiophene rings is 4. The fourth-order valence-electron chi connectivity index (χ4n) is 3.42. The van der Waals surface area contributed by atoms with Crippen molar-refractivity contribution in [2.24, 2.45) is 0 Å². The highest BCUT2D eigenvalue weighted by atomic mass is 32.1. The first-order valence-electron chi connectivity index (χ1n) is 9.94. The second-order valence-electron chi connectivity index (χ2n) is 9.59. The van der Waals surface area contributed by atoms with Gasteiger partial charge in [-0.2, -0.15) is 0 Å². The van der Waals surface area contributed by atoms with Crippen molar-refractivity contribution in [2.45, 2.75) is 39.3 Å². The number of hydrogen-bond acceptors (Lipinski definition) is 4. The first-order valence-corrected chi connectivity index (χ1v) is 20.3. The van der Waals surface area contributed by atoms with Crippen LogP contribution in [0.25, 0.3) is 39.0 Å². The van der Waals surface area contributed by atoms with E-state index in [0.717, 1.165) is 0 Å². The first kappa shape index (κ1) is 20.5. The number of hydrogen-bond donors (Lipinski definition) is 0. The van der Waals surface area contributed by atoms with E-state index in [4.69, 9.17) is 0 Å². The molecule has 0 radical (unpaired) electrons. The molecule has 0 unspecified atom stereocenters. The van der Waals surface area contributed by atoms with Crippen LogP contribution in [-0.4, -0.2) is 16.1 Å². The highest BCUT2D eigenvalue weighted by molar-refractivity contribution is 7.34. The Morgan fingerprint density at radius 3 is 1.37 bits per heavy atom. The summed E-state index contributed by atoms with van der Waals surface area (Å²) in [7, 11) is -2.98. The molecule has 0 aliphatic carbocycles. The average Bonchev–Trinajstić information content (AvgIpc) is 3.36. The SMILES string of the molecule is C[Si](C)(C)C#Cc1c2sc3ccsc3c2c(C#C[Si](C)(C)C)c2sc3ccsc3c12. The Bertz CT molecular complexity index is 1450. The van der Waals surface area contributed by atoms with Crippen molar-refractivity contribution >= 4 is 100 Å². The van der Waals surface area contributed by atoms with Gasteiger partial charge in [-0.05, 0) is 22.9 Å². The zero-order chi connectivity index (χ0) is 21.3. The number of benzene rings is 1. The normalized spacial score (nSPS) is 12.5. The third-order valence-electron chi connectivity index (χ3n) is 4.67. The monoisotopic (exact) mass is 494 g/mol. The van der Waals surface area contributed by atoms with Crippen LogP contribution in [0, 0.1) is 22.9 Å². The second kappa shape index (κ2) is 7.07. The van der Waals surface area contributed by atoms with Crippen LogP contribution >= 0.6 is 45.3 Å². The molecule has 30 heavy (non-hydrogen) atoms. The molecule has 0 nitrogen and oxygen atoms in total. The van der Waals surface area contributed by atoms with Crippen molar-refractivity contribution < 1.29 is 0 Å². The van der Waals surface area contributed by atoms with Gasteiger partial charge in [0, 0.05) is 20.2 Å². The zero-order valence-corrected chi connectivity index (χ0v) is 23.2. The molecule has 0 N–H and O–H groups in total.